The van der Waals surface area contributed by atoms with Gasteiger partial charge in [0.25, 0.3) is 0 Å². The SMILES string of the molecule is CC(O)[C@H]1C(=O)N2C(C(=O)O)=C(SCCC3(CO)C=NC=N3)S[C@H]12. The number of aliphatic hydroxyl groups excluding tert-OH is 2. The molecule has 0 aromatic heterocycles. The first-order valence-corrected chi connectivity index (χ1v) is 9.24. The Hall–Kier alpha value is -1.36. The van der Waals surface area contributed by atoms with Crippen LogP contribution >= 0.6 is 23.5 Å². The minimum Gasteiger partial charge on any atom is -0.477 e. The summed E-state index contributed by atoms with van der Waals surface area (Å²) in [7, 11) is 0. The van der Waals surface area contributed by atoms with Gasteiger partial charge in [0.05, 0.1) is 22.9 Å². The average Bonchev–Trinajstić information content (AvgIpc) is 3.10. The van der Waals surface area contributed by atoms with Crippen LogP contribution in [0.3, 0.4) is 0 Å². The molecule has 3 aliphatic rings. The topological polar surface area (TPSA) is 123 Å². The van der Waals surface area contributed by atoms with Gasteiger partial charge in [0.15, 0.2) is 5.70 Å². The Morgan fingerprint density at radius 1 is 1.58 bits per heavy atom. The lowest BCUT2D eigenvalue weighted by Gasteiger charge is -2.43. The van der Waals surface area contributed by atoms with Gasteiger partial charge in [-0.05, 0) is 13.3 Å². The number of hydrogen-bond acceptors (Lipinski definition) is 8. The maximum absolute atomic E-state index is 12.1. The highest BCUT2D eigenvalue weighted by molar-refractivity contribution is 8.22. The smallest absolute Gasteiger partial charge is 0.354 e. The van der Waals surface area contributed by atoms with Gasteiger partial charge in [0.1, 0.15) is 17.3 Å². The molecule has 8 nitrogen and oxygen atoms in total. The molecule has 0 radical (unpaired) electrons. The van der Waals surface area contributed by atoms with Crippen LogP contribution < -0.4 is 0 Å². The highest BCUT2D eigenvalue weighted by atomic mass is 32.2. The van der Waals surface area contributed by atoms with E-state index in [0.29, 0.717) is 16.4 Å². The minimum absolute atomic E-state index is 0.0152. The fourth-order valence-electron chi connectivity index (χ4n) is 2.82. The number of thioether (sulfide) groups is 2. The maximum atomic E-state index is 12.1. The molecule has 0 saturated carbocycles. The highest BCUT2D eigenvalue weighted by Crippen LogP contribution is 2.53. The van der Waals surface area contributed by atoms with Crippen molar-refractivity contribution in [1.82, 2.24) is 4.90 Å². The van der Waals surface area contributed by atoms with Crippen molar-refractivity contribution in [3.63, 3.8) is 0 Å². The third kappa shape index (κ3) is 2.77. The summed E-state index contributed by atoms with van der Waals surface area (Å²) in [6.07, 6.45) is 2.67. The van der Waals surface area contributed by atoms with Gasteiger partial charge in [-0.25, -0.2) is 9.79 Å². The Balaban J connectivity index is 1.69. The van der Waals surface area contributed by atoms with Crippen LogP contribution in [0.15, 0.2) is 19.9 Å². The number of amides is 1. The maximum Gasteiger partial charge on any atom is 0.354 e. The monoisotopic (exact) mass is 371 g/mol. The van der Waals surface area contributed by atoms with E-state index in [2.05, 4.69) is 9.98 Å². The van der Waals surface area contributed by atoms with Crippen LogP contribution in [0.5, 0.6) is 0 Å². The molecule has 1 saturated heterocycles. The largest absolute Gasteiger partial charge is 0.477 e. The molecular formula is C14H17N3O5S2. The van der Waals surface area contributed by atoms with Crippen molar-refractivity contribution in [1.29, 1.82) is 0 Å². The summed E-state index contributed by atoms with van der Waals surface area (Å²) in [5.74, 6) is -1.55. The first kappa shape index (κ1) is 17.5. The van der Waals surface area contributed by atoms with Crippen molar-refractivity contribution < 1.29 is 24.9 Å². The Morgan fingerprint density at radius 2 is 2.33 bits per heavy atom. The van der Waals surface area contributed by atoms with Gasteiger partial charge >= 0.3 is 5.97 Å². The summed E-state index contributed by atoms with van der Waals surface area (Å²) in [5.41, 5.74) is -0.754. The molecule has 0 spiro atoms. The normalized spacial score (nSPS) is 32.3. The molecule has 10 heteroatoms. The number of nitrogens with zero attached hydrogens (tertiary/aromatic N) is 3. The summed E-state index contributed by atoms with van der Waals surface area (Å²) in [4.78, 5) is 32.9. The van der Waals surface area contributed by atoms with Crippen LogP contribution in [0.2, 0.25) is 0 Å². The van der Waals surface area contributed by atoms with E-state index in [1.807, 2.05) is 0 Å². The highest BCUT2D eigenvalue weighted by Gasteiger charge is 2.57. The molecule has 2 unspecified atom stereocenters. The number of β-lactam (4-membered cyclic amide) rings is 1. The number of fused-ring (bicyclic) bond motifs is 1. The fourth-order valence-corrected chi connectivity index (χ4v) is 5.92. The molecule has 3 N–H and O–H groups in total. The number of carboxylic acids is 1. The standard InChI is InChI=1S/C14H17N3O5S2/c1-7(19)8-10(20)17-9(12(21)22)13(24-11(8)17)23-3-2-14(5-18)4-15-6-16-14/h4,6-8,11,18-19H,2-3,5H2,1H3,(H,21,22)/t7?,8-,11+,14?/m0/s1. The molecule has 130 valence electrons. The average molecular weight is 371 g/mol. The molecule has 1 fully saturated rings. The molecule has 3 heterocycles. The number of aliphatic hydroxyl groups is 2. The number of carbonyl (C=O) groups is 2. The first-order valence-electron chi connectivity index (χ1n) is 7.37. The summed E-state index contributed by atoms with van der Waals surface area (Å²) in [6, 6.07) is 0. The molecule has 0 aromatic rings. The molecule has 24 heavy (non-hydrogen) atoms. The number of rotatable bonds is 7. The molecule has 4 atom stereocenters. The van der Waals surface area contributed by atoms with Crippen molar-refractivity contribution in [3.8, 4) is 0 Å². The van der Waals surface area contributed by atoms with E-state index in [9.17, 15) is 24.9 Å². The Labute approximate surface area is 146 Å². The van der Waals surface area contributed by atoms with E-state index in [4.69, 9.17) is 0 Å². The van der Waals surface area contributed by atoms with Crippen LogP contribution in [0.4, 0.5) is 0 Å². The van der Waals surface area contributed by atoms with Crippen LogP contribution in [0.1, 0.15) is 13.3 Å². The molecule has 1 amide bonds. The fraction of sp³-hybridized carbons (Fsp3) is 0.571. The van der Waals surface area contributed by atoms with Gasteiger partial charge in [-0.15, -0.1) is 11.8 Å². The molecule has 0 aliphatic carbocycles. The lowest BCUT2D eigenvalue weighted by Crippen LogP contribution is -2.60. The van der Waals surface area contributed by atoms with Gasteiger partial charge in [0.2, 0.25) is 5.91 Å². The van der Waals surface area contributed by atoms with E-state index in [0.717, 1.165) is 0 Å². The Bertz CT molecular complexity index is 649. The van der Waals surface area contributed by atoms with Gasteiger partial charge < -0.3 is 15.3 Å². The molecule has 3 rings (SSSR count). The van der Waals surface area contributed by atoms with Crippen LogP contribution in [0.25, 0.3) is 0 Å². The zero-order chi connectivity index (χ0) is 17.5. The summed E-state index contributed by atoms with van der Waals surface area (Å²) >= 11 is 2.62. The Kier molecular flexibility index (Phi) is 4.73. The molecule has 3 aliphatic heterocycles. The minimum atomic E-state index is -1.15. The van der Waals surface area contributed by atoms with E-state index < -0.39 is 23.5 Å². The third-order valence-corrected chi connectivity index (χ3v) is 6.87. The number of aliphatic imine (C=N–C) groups is 2. The summed E-state index contributed by atoms with van der Waals surface area (Å²) in [5, 5.41) is 28.2. The molecule has 0 bridgehead atoms. The second-order valence-electron chi connectivity index (χ2n) is 5.81. The predicted octanol–water partition coefficient (Wildman–Crippen LogP) is 0.119. The predicted molar refractivity (Wildman–Crippen MR) is 91.9 cm³/mol. The second-order valence-corrected chi connectivity index (χ2v) is 8.30. The van der Waals surface area contributed by atoms with Gasteiger partial charge in [-0.2, -0.15) is 0 Å². The van der Waals surface area contributed by atoms with E-state index in [1.54, 1.807) is 6.21 Å². The summed E-state index contributed by atoms with van der Waals surface area (Å²) < 4.78 is 0.552. The van der Waals surface area contributed by atoms with Crippen molar-refractivity contribution in [3.05, 3.63) is 9.93 Å². The van der Waals surface area contributed by atoms with Crippen molar-refractivity contribution in [2.75, 3.05) is 12.4 Å². The molecule has 0 aromatic carbocycles. The number of carbonyl (C=O) groups excluding carboxylic acids is 1. The van der Waals surface area contributed by atoms with E-state index >= 15 is 0 Å². The van der Waals surface area contributed by atoms with Crippen molar-refractivity contribution >= 4 is 48.0 Å². The quantitative estimate of drug-likeness (QED) is 0.543. The van der Waals surface area contributed by atoms with E-state index in [1.165, 1.54) is 41.7 Å². The summed E-state index contributed by atoms with van der Waals surface area (Å²) in [6.45, 7) is 1.37. The molecular weight excluding hydrogens is 354 g/mol. The van der Waals surface area contributed by atoms with Crippen molar-refractivity contribution in [2.45, 2.75) is 30.4 Å². The van der Waals surface area contributed by atoms with Crippen LogP contribution in [-0.2, 0) is 9.59 Å². The van der Waals surface area contributed by atoms with Gasteiger partial charge in [-0.1, -0.05) is 11.8 Å². The number of hydrogen-bond donors (Lipinski definition) is 3. The first-order chi connectivity index (χ1) is 11.4. The third-order valence-electron chi connectivity index (χ3n) is 4.21. The lowest BCUT2D eigenvalue weighted by molar-refractivity contribution is -0.156. The number of aliphatic carboxylic acids is 1. The van der Waals surface area contributed by atoms with Crippen LogP contribution in [0, 0.1) is 5.92 Å². The van der Waals surface area contributed by atoms with Crippen molar-refractivity contribution in [2.24, 2.45) is 15.9 Å². The number of carboxylic acid groups (broad SMARTS) is 1. The second kappa shape index (κ2) is 6.51. The van der Waals surface area contributed by atoms with E-state index in [-0.39, 0.29) is 23.6 Å². The van der Waals surface area contributed by atoms with Gasteiger partial charge in [0, 0.05) is 12.0 Å². The van der Waals surface area contributed by atoms with Gasteiger partial charge in [-0.3, -0.25) is 14.7 Å². The Morgan fingerprint density at radius 3 is 2.88 bits per heavy atom. The van der Waals surface area contributed by atoms with Crippen LogP contribution in [-0.4, -0.2) is 74.0 Å². The lowest BCUT2D eigenvalue weighted by atomic mass is 9.92. The zero-order valence-electron chi connectivity index (χ0n) is 12.8. The zero-order valence-corrected chi connectivity index (χ0v) is 14.5.